The minimum absolute atomic E-state index is 0.240. The highest BCUT2D eigenvalue weighted by Crippen LogP contribution is 2.10. The van der Waals surface area contributed by atoms with E-state index in [1.807, 2.05) is 27.0 Å². The highest BCUT2D eigenvalue weighted by atomic mass is 32.1. The number of nitrogens with zero attached hydrogens (tertiary/aromatic N) is 1. The molecule has 0 aromatic carbocycles. The van der Waals surface area contributed by atoms with Gasteiger partial charge in [-0.15, -0.1) is 11.3 Å². The number of aliphatic hydroxyl groups excluding tert-OH is 1. The van der Waals surface area contributed by atoms with Crippen molar-refractivity contribution in [3.05, 3.63) is 16.1 Å². The fraction of sp³-hybridized carbons (Fsp3) is 0.692. The van der Waals surface area contributed by atoms with Crippen LogP contribution < -0.4 is 10.6 Å². The predicted octanol–water partition coefficient (Wildman–Crippen LogP) is 1.70. The minimum Gasteiger partial charge on any atom is -0.391 e. The summed E-state index contributed by atoms with van der Waals surface area (Å²) in [5, 5.41) is 16.1. The van der Waals surface area contributed by atoms with Crippen LogP contribution in [0.25, 0.3) is 0 Å². The molecule has 0 aliphatic heterocycles. The third kappa shape index (κ3) is 7.12. The minimum atomic E-state index is -0.479. The Kier molecular flexibility index (Phi) is 6.80. The first-order chi connectivity index (χ1) is 8.97. The molecule has 0 saturated heterocycles. The van der Waals surface area contributed by atoms with Crippen LogP contribution in [0.1, 0.15) is 30.2 Å². The molecule has 19 heavy (non-hydrogen) atoms. The fourth-order valence-corrected chi connectivity index (χ4v) is 2.49. The van der Waals surface area contributed by atoms with Gasteiger partial charge in [-0.05, 0) is 19.3 Å². The van der Waals surface area contributed by atoms with Gasteiger partial charge in [0.05, 0.1) is 11.1 Å². The van der Waals surface area contributed by atoms with Gasteiger partial charge in [0, 0.05) is 30.6 Å². The van der Waals surface area contributed by atoms with Crippen molar-refractivity contribution in [2.24, 2.45) is 5.92 Å². The number of nitrogens with one attached hydrogen (secondary N) is 2. The van der Waals surface area contributed by atoms with Gasteiger partial charge in [-0.25, -0.2) is 9.78 Å². The third-order valence-corrected chi connectivity index (χ3v) is 3.51. The summed E-state index contributed by atoms with van der Waals surface area (Å²) in [7, 11) is 0. The summed E-state index contributed by atoms with van der Waals surface area (Å²) in [5.41, 5.74) is 0. The van der Waals surface area contributed by atoms with Gasteiger partial charge in [0.25, 0.3) is 0 Å². The van der Waals surface area contributed by atoms with Crippen molar-refractivity contribution in [2.75, 3.05) is 13.1 Å². The molecule has 0 aliphatic rings. The average molecular weight is 285 g/mol. The zero-order chi connectivity index (χ0) is 14.3. The molecule has 5 nitrogen and oxygen atoms in total. The predicted molar refractivity (Wildman–Crippen MR) is 77.4 cm³/mol. The van der Waals surface area contributed by atoms with Crippen molar-refractivity contribution in [2.45, 2.75) is 39.7 Å². The van der Waals surface area contributed by atoms with Crippen LogP contribution in [0.15, 0.2) is 6.20 Å². The molecule has 0 radical (unpaired) electrons. The van der Waals surface area contributed by atoms with E-state index in [1.54, 1.807) is 11.3 Å². The Morgan fingerprint density at radius 1 is 1.47 bits per heavy atom. The maximum absolute atomic E-state index is 11.5. The molecule has 0 aliphatic carbocycles. The second-order valence-corrected chi connectivity index (χ2v) is 6.35. The number of carbonyl (C=O) groups is 1. The van der Waals surface area contributed by atoms with Crippen LogP contribution in [0.2, 0.25) is 0 Å². The van der Waals surface area contributed by atoms with Crippen LogP contribution in [0.5, 0.6) is 0 Å². The number of aromatic nitrogens is 1. The highest BCUT2D eigenvalue weighted by Gasteiger charge is 2.08. The number of hydrogen-bond acceptors (Lipinski definition) is 4. The average Bonchev–Trinajstić information content (AvgIpc) is 2.71. The third-order valence-electron chi connectivity index (χ3n) is 2.54. The molecule has 1 heterocycles. The lowest BCUT2D eigenvalue weighted by Crippen LogP contribution is -2.40. The molecular formula is C13H23N3O2S. The normalized spacial score (nSPS) is 12.5. The van der Waals surface area contributed by atoms with Gasteiger partial charge in [0.15, 0.2) is 0 Å². The number of aryl methyl sites for hydroxylation is 1. The van der Waals surface area contributed by atoms with Crippen molar-refractivity contribution in [1.82, 2.24) is 15.6 Å². The molecule has 0 fully saturated rings. The Balaban J connectivity index is 2.11. The van der Waals surface area contributed by atoms with Gasteiger partial charge in [0.1, 0.15) is 0 Å². The van der Waals surface area contributed by atoms with Crippen molar-refractivity contribution in [1.29, 1.82) is 0 Å². The molecule has 108 valence electrons. The summed E-state index contributed by atoms with van der Waals surface area (Å²) in [6.45, 7) is 6.94. The molecule has 1 aromatic heterocycles. The first-order valence-corrected chi connectivity index (χ1v) is 7.40. The smallest absolute Gasteiger partial charge is 0.314 e. The Morgan fingerprint density at radius 2 is 2.21 bits per heavy atom. The standard InChI is InChI=1S/C13H23N3O2S/c1-9(2)6-11(17)8-16-13(18)14-5-4-12-15-7-10(3)19-12/h7,9,11,17H,4-6,8H2,1-3H3,(H2,14,16,18). The van der Waals surface area contributed by atoms with Crippen LogP contribution in [0.3, 0.4) is 0 Å². The summed E-state index contributed by atoms with van der Waals surface area (Å²) >= 11 is 1.64. The monoisotopic (exact) mass is 285 g/mol. The van der Waals surface area contributed by atoms with Crippen molar-refractivity contribution in [3.8, 4) is 0 Å². The van der Waals surface area contributed by atoms with E-state index in [-0.39, 0.29) is 6.03 Å². The number of rotatable bonds is 7. The lowest BCUT2D eigenvalue weighted by atomic mass is 10.1. The Hall–Kier alpha value is -1.14. The zero-order valence-electron chi connectivity index (χ0n) is 11.8. The van der Waals surface area contributed by atoms with Crippen LogP contribution in [0.4, 0.5) is 4.79 Å². The molecule has 0 saturated carbocycles. The first-order valence-electron chi connectivity index (χ1n) is 6.58. The first kappa shape index (κ1) is 15.9. The second-order valence-electron chi connectivity index (χ2n) is 5.03. The molecular weight excluding hydrogens is 262 g/mol. The number of carbonyl (C=O) groups excluding carboxylic acids is 1. The quantitative estimate of drug-likeness (QED) is 0.714. The van der Waals surface area contributed by atoms with Gasteiger partial charge >= 0.3 is 6.03 Å². The number of hydrogen-bond donors (Lipinski definition) is 3. The van der Waals surface area contributed by atoms with E-state index >= 15 is 0 Å². The fourth-order valence-electron chi connectivity index (χ4n) is 1.70. The van der Waals surface area contributed by atoms with Gasteiger partial charge in [-0.2, -0.15) is 0 Å². The van der Waals surface area contributed by atoms with Crippen LogP contribution in [0, 0.1) is 12.8 Å². The highest BCUT2D eigenvalue weighted by molar-refractivity contribution is 7.11. The SMILES string of the molecule is Cc1cnc(CCNC(=O)NCC(O)CC(C)C)s1. The van der Waals surface area contributed by atoms with Crippen LogP contribution in [-0.4, -0.2) is 35.3 Å². The summed E-state index contributed by atoms with van der Waals surface area (Å²) in [5.74, 6) is 0.424. The molecule has 1 unspecified atom stereocenters. The van der Waals surface area contributed by atoms with E-state index in [0.29, 0.717) is 25.4 Å². The summed E-state index contributed by atoms with van der Waals surface area (Å²) in [6, 6.07) is -0.240. The molecule has 1 aromatic rings. The second kappa shape index (κ2) is 8.12. The molecule has 0 bridgehead atoms. The molecule has 0 spiro atoms. The summed E-state index contributed by atoms with van der Waals surface area (Å²) in [4.78, 5) is 16.9. The van der Waals surface area contributed by atoms with Crippen molar-refractivity contribution in [3.63, 3.8) is 0 Å². The summed E-state index contributed by atoms with van der Waals surface area (Å²) in [6.07, 6.45) is 2.79. The zero-order valence-corrected chi connectivity index (χ0v) is 12.6. The van der Waals surface area contributed by atoms with Crippen LogP contribution in [-0.2, 0) is 6.42 Å². The molecule has 1 atom stereocenters. The number of amides is 2. The molecule has 2 amide bonds. The topological polar surface area (TPSA) is 74.2 Å². The Morgan fingerprint density at radius 3 is 2.79 bits per heavy atom. The van der Waals surface area contributed by atoms with E-state index < -0.39 is 6.10 Å². The number of urea groups is 1. The number of thiazole rings is 1. The van der Waals surface area contributed by atoms with Gasteiger partial charge in [-0.3, -0.25) is 0 Å². The van der Waals surface area contributed by atoms with E-state index in [9.17, 15) is 9.90 Å². The largest absolute Gasteiger partial charge is 0.391 e. The van der Waals surface area contributed by atoms with E-state index in [4.69, 9.17) is 0 Å². The lowest BCUT2D eigenvalue weighted by Gasteiger charge is -2.14. The Bertz CT molecular complexity index is 393. The summed E-state index contributed by atoms with van der Waals surface area (Å²) < 4.78 is 0. The lowest BCUT2D eigenvalue weighted by molar-refractivity contribution is 0.147. The van der Waals surface area contributed by atoms with Crippen molar-refractivity contribution < 1.29 is 9.90 Å². The number of aliphatic hydroxyl groups is 1. The molecule has 3 N–H and O–H groups in total. The van der Waals surface area contributed by atoms with E-state index in [1.165, 1.54) is 4.88 Å². The van der Waals surface area contributed by atoms with Gasteiger partial charge in [0.2, 0.25) is 0 Å². The maximum Gasteiger partial charge on any atom is 0.314 e. The molecule has 1 rings (SSSR count). The van der Waals surface area contributed by atoms with E-state index in [0.717, 1.165) is 11.4 Å². The van der Waals surface area contributed by atoms with E-state index in [2.05, 4.69) is 15.6 Å². The van der Waals surface area contributed by atoms with Crippen LogP contribution >= 0.6 is 11.3 Å². The van der Waals surface area contributed by atoms with Gasteiger partial charge < -0.3 is 15.7 Å². The maximum atomic E-state index is 11.5. The van der Waals surface area contributed by atoms with Gasteiger partial charge in [-0.1, -0.05) is 13.8 Å². The Labute approximate surface area is 118 Å². The molecule has 6 heteroatoms. The van der Waals surface area contributed by atoms with Crippen molar-refractivity contribution >= 4 is 17.4 Å².